The highest BCUT2D eigenvalue weighted by Gasteiger charge is 2.20. The van der Waals surface area contributed by atoms with Crippen LogP contribution >= 0.6 is 11.3 Å². The molecule has 0 aliphatic rings. The Morgan fingerprint density at radius 1 is 1.29 bits per heavy atom. The maximum Gasteiger partial charge on any atom is 0.348 e. The minimum absolute atomic E-state index is 0.00862. The Kier molecular flexibility index (Phi) is 2.97. The number of carbonyl (C=O) groups is 2. The van der Waals surface area contributed by atoms with E-state index >= 15 is 0 Å². The van der Waals surface area contributed by atoms with Crippen LogP contribution in [0.4, 0.5) is 0 Å². The number of pyridine rings is 1. The first kappa shape index (κ1) is 11.4. The van der Waals surface area contributed by atoms with Crippen LogP contribution in [0.2, 0.25) is 0 Å². The Bertz CT molecular complexity index is 546. The van der Waals surface area contributed by atoms with Crippen molar-refractivity contribution in [3.8, 4) is 10.6 Å². The van der Waals surface area contributed by atoms with Gasteiger partial charge in [-0.1, -0.05) is 0 Å². The highest BCUT2D eigenvalue weighted by molar-refractivity contribution is 7.17. The van der Waals surface area contributed by atoms with E-state index < -0.39 is 5.97 Å². The molecular weight excluding hydrogens is 240 g/mol. The average Bonchev–Trinajstić information content (AvgIpc) is 2.75. The predicted molar refractivity (Wildman–Crippen MR) is 62.3 cm³/mol. The molecule has 86 valence electrons. The van der Waals surface area contributed by atoms with Gasteiger partial charge in [-0.3, -0.25) is 9.78 Å². The van der Waals surface area contributed by atoms with Crippen LogP contribution in [0.15, 0.2) is 24.5 Å². The molecule has 0 spiro atoms. The number of ketones is 1. The monoisotopic (exact) mass is 248 g/mol. The van der Waals surface area contributed by atoms with E-state index in [1.165, 1.54) is 6.92 Å². The second-order valence-electron chi connectivity index (χ2n) is 3.29. The third-order valence-corrected chi connectivity index (χ3v) is 3.17. The van der Waals surface area contributed by atoms with Gasteiger partial charge in [0.2, 0.25) is 0 Å². The van der Waals surface area contributed by atoms with Gasteiger partial charge in [-0.25, -0.2) is 9.78 Å². The first-order valence-corrected chi connectivity index (χ1v) is 5.56. The number of carboxylic acids is 1. The number of nitrogens with zero attached hydrogens (tertiary/aromatic N) is 2. The quantitative estimate of drug-likeness (QED) is 0.841. The van der Waals surface area contributed by atoms with Crippen LogP contribution < -0.4 is 0 Å². The zero-order valence-corrected chi connectivity index (χ0v) is 9.69. The van der Waals surface area contributed by atoms with Gasteiger partial charge in [0.15, 0.2) is 5.78 Å². The van der Waals surface area contributed by atoms with Crippen molar-refractivity contribution in [2.45, 2.75) is 6.92 Å². The van der Waals surface area contributed by atoms with E-state index in [9.17, 15) is 9.59 Å². The van der Waals surface area contributed by atoms with Crippen LogP contribution in [-0.2, 0) is 0 Å². The standard InChI is InChI=1S/C11H8N2O3S/c1-6(14)8-9(11(15)16)17-10(13-8)7-2-4-12-5-3-7/h2-5H,1H3,(H,15,16). The molecule has 5 nitrogen and oxygen atoms in total. The summed E-state index contributed by atoms with van der Waals surface area (Å²) in [4.78, 5) is 30.2. The van der Waals surface area contributed by atoms with Crippen molar-refractivity contribution in [2.75, 3.05) is 0 Å². The van der Waals surface area contributed by atoms with Crippen LogP contribution in [0.5, 0.6) is 0 Å². The van der Waals surface area contributed by atoms with E-state index in [2.05, 4.69) is 9.97 Å². The summed E-state index contributed by atoms with van der Waals surface area (Å²) < 4.78 is 0. The Balaban J connectivity index is 2.55. The van der Waals surface area contributed by atoms with E-state index in [0.29, 0.717) is 5.01 Å². The van der Waals surface area contributed by atoms with Crippen molar-refractivity contribution in [2.24, 2.45) is 0 Å². The lowest BCUT2D eigenvalue weighted by atomic mass is 10.2. The highest BCUT2D eigenvalue weighted by Crippen LogP contribution is 2.27. The number of aromatic nitrogens is 2. The fraction of sp³-hybridized carbons (Fsp3) is 0.0909. The van der Waals surface area contributed by atoms with E-state index in [0.717, 1.165) is 16.9 Å². The van der Waals surface area contributed by atoms with Gasteiger partial charge in [-0.05, 0) is 12.1 Å². The lowest BCUT2D eigenvalue weighted by Gasteiger charge is -1.92. The van der Waals surface area contributed by atoms with Crippen LogP contribution in [0, 0.1) is 0 Å². The lowest BCUT2D eigenvalue weighted by Crippen LogP contribution is -2.02. The number of thiazole rings is 1. The molecule has 2 heterocycles. The number of hydrogen-bond acceptors (Lipinski definition) is 5. The molecule has 0 fully saturated rings. The van der Waals surface area contributed by atoms with Crippen LogP contribution in [0.3, 0.4) is 0 Å². The molecule has 2 aromatic heterocycles. The molecule has 2 aromatic rings. The molecule has 0 aliphatic heterocycles. The molecule has 0 radical (unpaired) electrons. The molecule has 0 atom stereocenters. The molecule has 6 heteroatoms. The Morgan fingerprint density at radius 2 is 1.94 bits per heavy atom. The van der Waals surface area contributed by atoms with Crippen molar-refractivity contribution in [1.29, 1.82) is 0 Å². The largest absolute Gasteiger partial charge is 0.477 e. The van der Waals surface area contributed by atoms with Gasteiger partial charge < -0.3 is 5.11 Å². The van der Waals surface area contributed by atoms with Gasteiger partial charge >= 0.3 is 5.97 Å². The summed E-state index contributed by atoms with van der Waals surface area (Å²) in [5, 5.41) is 9.49. The Hall–Kier alpha value is -2.08. The first-order valence-electron chi connectivity index (χ1n) is 4.75. The summed E-state index contributed by atoms with van der Waals surface area (Å²) in [5.74, 6) is -1.48. The van der Waals surface area contributed by atoms with E-state index in [1.807, 2.05) is 0 Å². The van der Waals surface area contributed by atoms with Crippen molar-refractivity contribution in [3.05, 3.63) is 35.1 Å². The lowest BCUT2D eigenvalue weighted by molar-refractivity contribution is 0.0697. The number of carboxylic acid groups (broad SMARTS) is 1. The maximum atomic E-state index is 11.3. The summed E-state index contributed by atoms with van der Waals surface area (Å²) >= 11 is 0.990. The molecular formula is C11H8N2O3S. The van der Waals surface area contributed by atoms with E-state index in [4.69, 9.17) is 5.11 Å². The SMILES string of the molecule is CC(=O)c1nc(-c2ccncc2)sc1C(=O)O. The van der Waals surface area contributed by atoms with Crippen LogP contribution in [-0.4, -0.2) is 26.8 Å². The summed E-state index contributed by atoms with van der Waals surface area (Å²) in [7, 11) is 0. The first-order chi connectivity index (χ1) is 8.09. The molecule has 0 saturated carbocycles. The number of hydrogen-bond donors (Lipinski definition) is 1. The zero-order valence-electron chi connectivity index (χ0n) is 8.88. The summed E-state index contributed by atoms with van der Waals surface area (Å²) in [6.07, 6.45) is 3.18. The smallest absolute Gasteiger partial charge is 0.348 e. The molecule has 0 unspecified atom stereocenters. The van der Waals surface area contributed by atoms with Crippen molar-refractivity contribution in [1.82, 2.24) is 9.97 Å². The van der Waals surface area contributed by atoms with Crippen LogP contribution in [0.25, 0.3) is 10.6 Å². The van der Waals surface area contributed by atoms with Crippen molar-refractivity contribution in [3.63, 3.8) is 0 Å². The van der Waals surface area contributed by atoms with Gasteiger partial charge in [0.05, 0.1) is 0 Å². The van der Waals surface area contributed by atoms with Gasteiger partial charge in [-0.15, -0.1) is 11.3 Å². The van der Waals surface area contributed by atoms with Gasteiger partial charge in [-0.2, -0.15) is 0 Å². The molecule has 17 heavy (non-hydrogen) atoms. The maximum absolute atomic E-state index is 11.3. The second kappa shape index (κ2) is 4.42. The molecule has 0 bridgehead atoms. The molecule has 1 N–H and O–H groups in total. The zero-order chi connectivity index (χ0) is 12.4. The molecule has 0 aliphatic carbocycles. The Morgan fingerprint density at radius 3 is 2.41 bits per heavy atom. The third kappa shape index (κ3) is 2.21. The predicted octanol–water partition coefficient (Wildman–Crippen LogP) is 2.11. The number of Topliss-reactive ketones (excluding diaryl/α,β-unsaturated/α-hetero) is 1. The van der Waals surface area contributed by atoms with Crippen LogP contribution in [0.1, 0.15) is 27.1 Å². The van der Waals surface area contributed by atoms with E-state index in [1.54, 1.807) is 24.5 Å². The molecule has 0 amide bonds. The molecule has 0 saturated heterocycles. The third-order valence-electron chi connectivity index (χ3n) is 2.08. The van der Waals surface area contributed by atoms with Gasteiger partial charge in [0.1, 0.15) is 15.6 Å². The average molecular weight is 248 g/mol. The Labute approximate surface area is 101 Å². The minimum Gasteiger partial charge on any atom is -0.477 e. The fourth-order valence-corrected chi connectivity index (χ4v) is 2.28. The number of aromatic carboxylic acids is 1. The summed E-state index contributed by atoms with van der Waals surface area (Å²) in [6.45, 7) is 1.30. The van der Waals surface area contributed by atoms with Gasteiger partial charge in [0, 0.05) is 24.9 Å². The highest BCUT2D eigenvalue weighted by atomic mass is 32.1. The number of carbonyl (C=O) groups excluding carboxylic acids is 1. The molecule has 0 aromatic carbocycles. The van der Waals surface area contributed by atoms with Crippen molar-refractivity contribution >= 4 is 23.1 Å². The topological polar surface area (TPSA) is 80.2 Å². The summed E-state index contributed by atoms with van der Waals surface area (Å²) in [6, 6.07) is 3.43. The van der Waals surface area contributed by atoms with Gasteiger partial charge in [0.25, 0.3) is 0 Å². The van der Waals surface area contributed by atoms with E-state index in [-0.39, 0.29) is 16.4 Å². The normalized spacial score (nSPS) is 10.2. The second-order valence-corrected chi connectivity index (χ2v) is 4.29. The van der Waals surface area contributed by atoms with Crippen molar-refractivity contribution < 1.29 is 14.7 Å². The molecule has 2 rings (SSSR count). The minimum atomic E-state index is -1.13. The fourth-order valence-electron chi connectivity index (χ4n) is 1.32. The number of rotatable bonds is 3. The summed E-state index contributed by atoms with van der Waals surface area (Å²) in [5.41, 5.74) is 0.759.